The molecule has 2 aromatic carbocycles. The van der Waals surface area contributed by atoms with Crippen LogP contribution in [-0.2, 0) is 11.3 Å². The van der Waals surface area contributed by atoms with Crippen LogP contribution >= 0.6 is 0 Å². The number of ether oxygens (including phenoxy) is 1. The number of carbonyl (C=O) groups is 2. The Bertz CT molecular complexity index is 869. The summed E-state index contributed by atoms with van der Waals surface area (Å²) in [7, 11) is 1.33. The highest BCUT2D eigenvalue weighted by molar-refractivity contribution is 5.89. The van der Waals surface area contributed by atoms with E-state index in [0.717, 1.165) is 0 Å². The second-order valence-electron chi connectivity index (χ2n) is 6.51. The molecule has 1 heterocycles. The molecule has 0 radical (unpaired) electrons. The Morgan fingerprint density at radius 1 is 1.03 bits per heavy atom. The highest BCUT2D eigenvalue weighted by Crippen LogP contribution is 2.24. The zero-order valence-electron chi connectivity index (χ0n) is 16.0. The number of halogens is 2. The molecule has 1 fully saturated rings. The summed E-state index contributed by atoms with van der Waals surface area (Å²) in [5.74, 6) is -0.816. The fourth-order valence-corrected chi connectivity index (χ4v) is 3.09. The molecule has 3 amide bonds. The van der Waals surface area contributed by atoms with Gasteiger partial charge in [-0.25, -0.2) is 18.4 Å². The third-order valence-corrected chi connectivity index (χ3v) is 4.65. The lowest BCUT2D eigenvalue weighted by Crippen LogP contribution is -2.49. The first-order valence-corrected chi connectivity index (χ1v) is 9.13. The maximum atomic E-state index is 14.9. The van der Waals surface area contributed by atoms with E-state index >= 15 is 0 Å². The van der Waals surface area contributed by atoms with Gasteiger partial charge in [-0.15, -0.1) is 0 Å². The summed E-state index contributed by atoms with van der Waals surface area (Å²) >= 11 is 0. The average molecular weight is 404 g/mol. The minimum absolute atomic E-state index is 0.00513. The predicted octanol–water partition coefficient (Wildman–Crippen LogP) is 3.17. The van der Waals surface area contributed by atoms with Crippen molar-refractivity contribution in [3.63, 3.8) is 0 Å². The number of urea groups is 1. The van der Waals surface area contributed by atoms with Crippen LogP contribution < -0.4 is 15.5 Å². The molecule has 0 aliphatic carbocycles. The summed E-state index contributed by atoms with van der Waals surface area (Å²) in [5.41, 5.74) is 1.20. The quantitative estimate of drug-likeness (QED) is 0.821. The molecule has 154 valence electrons. The van der Waals surface area contributed by atoms with Gasteiger partial charge >= 0.3 is 12.1 Å². The van der Waals surface area contributed by atoms with Crippen molar-refractivity contribution >= 4 is 23.5 Å². The number of hydrogen-bond acceptors (Lipinski definition) is 4. The van der Waals surface area contributed by atoms with Crippen LogP contribution in [0.2, 0.25) is 0 Å². The van der Waals surface area contributed by atoms with E-state index < -0.39 is 23.8 Å². The summed E-state index contributed by atoms with van der Waals surface area (Å²) in [6.45, 7) is 1.83. The second-order valence-corrected chi connectivity index (χ2v) is 6.51. The normalized spacial score (nSPS) is 13.8. The molecule has 9 heteroatoms. The number of amides is 3. The first-order chi connectivity index (χ1) is 14.0. The second kappa shape index (κ2) is 9.22. The standard InChI is InChI=1S/C20H22F2N4O3/c1-29-20(28)26-11-9-25(10-12-26)17-4-2-3-14(18(17)22)13-23-19(27)24-16-7-5-15(21)6-8-16/h2-8H,9-13H2,1H3,(H2,23,24,27). The Morgan fingerprint density at radius 2 is 1.72 bits per heavy atom. The number of carbonyl (C=O) groups excluding carboxylic acids is 2. The first-order valence-electron chi connectivity index (χ1n) is 9.13. The summed E-state index contributed by atoms with van der Waals surface area (Å²) in [6.07, 6.45) is -0.393. The fraction of sp³-hybridized carbons (Fsp3) is 0.300. The molecule has 0 atom stereocenters. The van der Waals surface area contributed by atoms with Crippen LogP contribution in [0.15, 0.2) is 42.5 Å². The summed E-state index contributed by atoms with van der Waals surface area (Å²) in [6, 6.07) is 9.81. The number of methoxy groups -OCH3 is 1. The first kappa shape index (κ1) is 20.4. The van der Waals surface area contributed by atoms with Crippen molar-refractivity contribution in [1.29, 1.82) is 0 Å². The topological polar surface area (TPSA) is 73.9 Å². The van der Waals surface area contributed by atoms with Gasteiger partial charge in [0.2, 0.25) is 0 Å². The number of benzene rings is 2. The number of anilines is 2. The van der Waals surface area contributed by atoms with Gasteiger partial charge in [0.1, 0.15) is 5.82 Å². The van der Waals surface area contributed by atoms with E-state index in [1.807, 2.05) is 4.90 Å². The van der Waals surface area contributed by atoms with E-state index in [4.69, 9.17) is 4.74 Å². The van der Waals surface area contributed by atoms with Gasteiger partial charge in [0, 0.05) is 44.0 Å². The smallest absolute Gasteiger partial charge is 0.409 e. The summed E-state index contributed by atoms with van der Waals surface area (Å²) in [4.78, 5) is 27.0. The van der Waals surface area contributed by atoms with Crippen molar-refractivity contribution in [3.05, 3.63) is 59.7 Å². The SMILES string of the molecule is COC(=O)N1CCN(c2cccc(CNC(=O)Nc3ccc(F)cc3)c2F)CC1. The van der Waals surface area contributed by atoms with Crippen LogP contribution in [0.4, 0.5) is 29.7 Å². The van der Waals surface area contributed by atoms with Gasteiger partial charge in [-0.3, -0.25) is 0 Å². The lowest BCUT2D eigenvalue weighted by atomic mass is 10.1. The van der Waals surface area contributed by atoms with Crippen LogP contribution in [0.5, 0.6) is 0 Å². The number of hydrogen-bond donors (Lipinski definition) is 2. The maximum absolute atomic E-state index is 14.9. The van der Waals surface area contributed by atoms with Crippen LogP contribution in [0, 0.1) is 11.6 Å². The lowest BCUT2D eigenvalue weighted by Gasteiger charge is -2.35. The molecule has 0 unspecified atom stereocenters. The highest BCUT2D eigenvalue weighted by atomic mass is 19.1. The molecule has 1 saturated heterocycles. The van der Waals surface area contributed by atoms with E-state index in [9.17, 15) is 18.4 Å². The Morgan fingerprint density at radius 3 is 2.38 bits per heavy atom. The minimum Gasteiger partial charge on any atom is -0.453 e. The zero-order valence-corrected chi connectivity index (χ0v) is 16.0. The third-order valence-electron chi connectivity index (χ3n) is 4.65. The molecule has 2 aromatic rings. The lowest BCUT2D eigenvalue weighted by molar-refractivity contribution is 0.121. The largest absolute Gasteiger partial charge is 0.453 e. The summed E-state index contributed by atoms with van der Waals surface area (Å²) < 4.78 is 32.6. The van der Waals surface area contributed by atoms with Gasteiger partial charge in [0.25, 0.3) is 0 Å². The molecule has 3 rings (SSSR count). The van der Waals surface area contributed by atoms with E-state index in [2.05, 4.69) is 10.6 Å². The molecule has 1 aliphatic rings. The van der Waals surface area contributed by atoms with Crippen molar-refractivity contribution < 1.29 is 23.1 Å². The molecule has 2 N–H and O–H groups in total. The number of piperazine rings is 1. The summed E-state index contributed by atoms with van der Waals surface area (Å²) in [5, 5.41) is 5.15. The fourth-order valence-electron chi connectivity index (χ4n) is 3.09. The Balaban J connectivity index is 1.58. The van der Waals surface area contributed by atoms with Crippen LogP contribution in [-0.4, -0.2) is 50.3 Å². The van der Waals surface area contributed by atoms with Gasteiger partial charge in [0.05, 0.1) is 12.8 Å². The molecule has 7 nitrogen and oxygen atoms in total. The molecule has 29 heavy (non-hydrogen) atoms. The molecule has 0 aromatic heterocycles. The van der Waals surface area contributed by atoms with E-state index in [1.165, 1.54) is 31.4 Å². The number of nitrogens with one attached hydrogen (secondary N) is 2. The molecule has 1 aliphatic heterocycles. The zero-order chi connectivity index (χ0) is 20.8. The van der Waals surface area contributed by atoms with Gasteiger partial charge < -0.3 is 25.2 Å². The molecular weight excluding hydrogens is 382 g/mol. The van der Waals surface area contributed by atoms with E-state index in [0.29, 0.717) is 43.1 Å². The van der Waals surface area contributed by atoms with Gasteiger partial charge in [-0.1, -0.05) is 12.1 Å². The maximum Gasteiger partial charge on any atom is 0.409 e. The minimum atomic E-state index is -0.520. The molecule has 0 spiro atoms. The van der Waals surface area contributed by atoms with E-state index in [-0.39, 0.29) is 6.54 Å². The molecule has 0 bridgehead atoms. The van der Waals surface area contributed by atoms with Crippen molar-refractivity contribution in [2.45, 2.75) is 6.54 Å². The Hall–Kier alpha value is -3.36. The van der Waals surface area contributed by atoms with Crippen LogP contribution in [0.25, 0.3) is 0 Å². The van der Waals surface area contributed by atoms with Crippen molar-refractivity contribution in [2.75, 3.05) is 43.5 Å². The average Bonchev–Trinajstić information content (AvgIpc) is 2.74. The number of nitrogens with zero attached hydrogens (tertiary/aromatic N) is 2. The Kier molecular flexibility index (Phi) is 6.48. The van der Waals surface area contributed by atoms with Crippen molar-refractivity contribution in [3.8, 4) is 0 Å². The van der Waals surface area contributed by atoms with Crippen LogP contribution in [0.3, 0.4) is 0 Å². The van der Waals surface area contributed by atoms with Crippen LogP contribution in [0.1, 0.15) is 5.56 Å². The molecular formula is C20H22F2N4O3. The van der Waals surface area contributed by atoms with Crippen molar-refractivity contribution in [2.24, 2.45) is 0 Å². The highest BCUT2D eigenvalue weighted by Gasteiger charge is 2.24. The molecule has 0 saturated carbocycles. The van der Waals surface area contributed by atoms with Gasteiger partial charge in [-0.05, 0) is 30.3 Å². The van der Waals surface area contributed by atoms with Gasteiger partial charge in [0.15, 0.2) is 5.82 Å². The predicted molar refractivity (Wildman–Crippen MR) is 105 cm³/mol. The third kappa shape index (κ3) is 5.13. The van der Waals surface area contributed by atoms with Gasteiger partial charge in [-0.2, -0.15) is 0 Å². The monoisotopic (exact) mass is 404 g/mol. The van der Waals surface area contributed by atoms with E-state index in [1.54, 1.807) is 23.1 Å². The number of rotatable bonds is 4. The van der Waals surface area contributed by atoms with Crippen molar-refractivity contribution in [1.82, 2.24) is 10.2 Å². The Labute approximate surface area is 167 Å².